The molecule has 0 unspecified atom stereocenters. The normalized spacial score (nSPS) is 12.5. The zero-order chi connectivity index (χ0) is 22.3. The number of hydrogen-bond acceptors (Lipinski definition) is 6. The number of ether oxygens (including phenoxy) is 1. The largest absolute Gasteiger partial charge is 0.466 e. The van der Waals surface area contributed by atoms with Crippen LogP contribution in [0.5, 0.6) is 0 Å². The number of amides is 2. The van der Waals surface area contributed by atoms with E-state index in [2.05, 4.69) is 5.32 Å². The van der Waals surface area contributed by atoms with Crippen LogP contribution in [-0.4, -0.2) is 35.4 Å². The average molecular weight is 434 g/mol. The predicted octanol–water partition coefficient (Wildman–Crippen LogP) is 2.57. The topological polar surface area (TPSA) is 142 Å². The van der Waals surface area contributed by atoms with Gasteiger partial charge in [0.05, 0.1) is 28.5 Å². The van der Waals surface area contributed by atoms with Crippen LogP contribution in [0, 0.1) is 10.1 Å². The molecule has 10 heteroatoms. The number of nitro groups is 1. The van der Waals surface area contributed by atoms with Crippen LogP contribution in [0.4, 0.5) is 5.69 Å². The van der Waals surface area contributed by atoms with Crippen molar-refractivity contribution in [3.05, 3.63) is 74.8 Å². The Morgan fingerprint density at radius 3 is 2.33 bits per heavy atom. The lowest BCUT2D eigenvalue weighted by atomic mass is 9.87. The third-order valence-corrected chi connectivity index (χ3v) is 4.67. The van der Waals surface area contributed by atoms with Gasteiger partial charge in [0.2, 0.25) is 5.91 Å². The number of halogens is 1. The van der Waals surface area contributed by atoms with Gasteiger partial charge in [-0.3, -0.25) is 24.5 Å². The van der Waals surface area contributed by atoms with Gasteiger partial charge in [-0.05, 0) is 24.6 Å². The highest BCUT2D eigenvalue weighted by atomic mass is 35.5. The summed E-state index contributed by atoms with van der Waals surface area (Å²) < 4.78 is 4.96. The van der Waals surface area contributed by atoms with E-state index >= 15 is 0 Å². The molecule has 0 aliphatic carbocycles. The molecule has 0 fully saturated rings. The van der Waals surface area contributed by atoms with Gasteiger partial charge >= 0.3 is 5.97 Å². The van der Waals surface area contributed by atoms with Crippen LogP contribution in [0.15, 0.2) is 48.5 Å². The van der Waals surface area contributed by atoms with E-state index in [1.165, 1.54) is 36.4 Å². The number of non-ortho nitro benzene ring substituents is 1. The third kappa shape index (κ3) is 5.77. The van der Waals surface area contributed by atoms with Gasteiger partial charge in [0.1, 0.15) is 6.04 Å². The lowest BCUT2D eigenvalue weighted by Crippen LogP contribution is -2.48. The van der Waals surface area contributed by atoms with Gasteiger partial charge in [0.15, 0.2) is 0 Å². The Balaban J connectivity index is 2.39. The monoisotopic (exact) mass is 433 g/mol. The van der Waals surface area contributed by atoms with E-state index in [0.717, 1.165) is 0 Å². The first-order valence-electron chi connectivity index (χ1n) is 8.99. The minimum Gasteiger partial charge on any atom is -0.466 e. The van der Waals surface area contributed by atoms with Crippen molar-refractivity contribution in [2.24, 2.45) is 5.73 Å². The molecule has 3 N–H and O–H groups in total. The second-order valence-corrected chi connectivity index (χ2v) is 6.70. The second-order valence-electron chi connectivity index (χ2n) is 6.30. The molecule has 2 amide bonds. The number of benzene rings is 2. The fraction of sp³-hybridized carbons (Fsp3) is 0.250. The quantitative estimate of drug-likeness (QED) is 0.353. The van der Waals surface area contributed by atoms with E-state index in [-0.39, 0.29) is 29.3 Å². The number of primary amides is 1. The Morgan fingerprint density at radius 2 is 1.80 bits per heavy atom. The van der Waals surface area contributed by atoms with E-state index in [0.29, 0.717) is 5.56 Å². The van der Waals surface area contributed by atoms with Crippen LogP contribution in [0.3, 0.4) is 0 Å². The average Bonchev–Trinajstić information content (AvgIpc) is 2.70. The minimum absolute atomic E-state index is 0.124. The molecule has 2 aromatic carbocycles. The zero-order valence-corrected chi connectivity index (χ0v) is 16.8. The highest BCUT2D eigenvalue weighted by molar-refractivity contribution is 6.33. The number of nitro benzene ring substituents is 1. The lowest BCUT2D eigenvalue weighted by Gasteiger charge is -2.25. The van der Waals surface area contributed by atoms with Gasteiger partial charge < -0.3 is 15.8 Å². The maximum atomic E-state index is 12.7. The molecule has 0 radical (unpaired) electrons. The zero-order valence-electron chi connectivity index (χ0n) is 16.0. The van der Waals surface area contributed by atoms with Crippen molar-refractivity contribution in [2.45, 2.75) is 25.3 Å². The first-order valence-corrected chi connectivity index (χ1v) is 9.37. The Bertz CT molecular complexity index is 948. The third-order valence-electron chi connectivity index (χ3n) is 4.34. The molecule has 0 bridgehead atoms. The van der Waals surface area contributed by atoms with Crippen LogP contribution in [-0.2, 0) is 14.3 Å². The minimum atomic E-state index is -1.29. The van der Waals surface area contributed by atoms with Gasteiger partial charge in [0, 0.05) is 18.1 Å². The second kappa shape index (κ2) is 10.4. The standard InChI is InChI=1S/C20H20ClN3O6/c1-2-30-17(25)11-15(12-7-9-13(10-8-12)24(28)29)18(19(22)26)23-20(27)14-5-3-4-6-16(14)21/h3-10,15,18H,2,11H2,1H3,(H2,22,26)(H,23,27)/t15-,18+/m0/s1. The summed E-state index contributed by atoms with van der Waals surface area (Å²) in [6.45, 7) is 1.75. The van der Waals surface area contributed by atoms with Crippen molar-refractivity contribution in [2.75, 3.05) is 6.61 Å². The number of esters is 1. The first kappa shape index (κ1) is 22.8. The summed E-state index contributed by atoms with van der Waals surface area (Å²) in [5, 5.41) is 13.6. The summed E-state index contributed by atoms with van der Waals surface area (Å²) in [4.78, 5) is 47.3. The van der Waals surface area contributed by atoms with Gasteiger partial charge in [-0.25, -0.2) is 0 Å². The van der Waals surface area contributed by atoms with Crippen molar-refractivity contribution in [3.63, 3.8) is 0 Å². The van der Waals surface area contributed by atoms with E-state index in [1.54, 1.807) is 19.1 Å². The van der Waals surface area contributed by atoms with E-state index in [4.69, 9.17) is 22.1 Å². The van der Waals surface area contributed by atoms with E-state index in [9.17, 15) is 24.5 Å². The van der Waals surface area contributed by atoms with Gasteiger partial charge in [0.25, 0.3) is 11.6 Å². The van der Waals surface area contributed by atoms with Crippen molar-refractivity contribution in [3.8, 4) is 0 Å². The molecule has 0 saturated carbocycles. The molecule has 2 rings (SSSR count). The molecular weight excluding hydrogens is 414 g/mol. The number of hydrogen-bond donors (Lipinski definition) is 2. The summed E-state index contributed by atoms with van der Waals surface area (Å²) in [6, 6.07) is 10.2. The van der Waals surface area contributed by atoms with Crippen molar-refractivity contribution in [1.29, 1.82) is 0 Å². The van der Waals surface area contributed by atoms with Gasteiger partial charge in [-0.15, -0.1) is 0 Å². The van der Waals surface area contributed by atoms with Gasteiger partial charge in [-0.1, -0.05) is 35.9 Å². The Kier molecular flexibility index (Phi) is 7.88. The molecule has 0 heterocycles. The van der Waals surface area contributed by atoms with Crippen LogP contribution in [0.1, 0.15) is 35.2 Å². The Labute approximate surface area is 177 Å². The molecule has 0 aliphatic rings. The highest BCUT2D eigenvalue weighted by Gasteiger charge is 2.32. The lowest BCUT2D eigenvalue weighted by molar-refractivity contribution is -0.384. The molecule has 158 valence electrons. The number of carbonyl (C=O) groups excluding carboxylic acids is 3. The van der Waals surface area contributed by atoms with Crippen LogP contribution in [0.25, 0.3) is 0 Å². The summed E-state index contributed by atoms with van der Waals surface area (Å²) in [5.74, 6) is -3.06. The molecule has 2 atom stereocenters. The molecule has 0 aromatic heterocycles. The molecule has 0 spiro atoms. The summed E-state index contributed by atoms with van der Waals surface area (Å²) >= 11 is 6.04. The smallest absolute Gasteiger partial charge is 0.306 e. The van der Waals surface area contributed by atoms with Crippen LogP contribution < -0.4 is 11.1 Å². The number of nitrogens with zero attached hydrogens (tertiary/aromatic N) is 1. The molecule has 0 aliphatic heterocycles. The summed E-state index contributed by atoms with van der Waals surface area (Å²) in [5.41, 5.74) is 5.89. The van der Waals surface area contributed by atoms with Crippen molar-refractivity contribution in [1.82, 2.24) is 5.32 Å². The van der Waals surface area contributed by atoms with E-state index in [1.807, 2.05) is 0 Å². The molecule has 30 heavy (non-hydrogen) atoms. The van der Waals surface area contributed by atoms with Crippen LogP contribution >= 0.6 is 11.6 Å². The van der Waals surface area contributed by atoms with E-state index < -0.39 is 34.7 Å². The van der Waals surface area contributed by atoms with Crippen molar-refractivity contribution >= 4 is 35.1 Å². The Hall–Kier alpha value is -3.46. The summed E-state index contributed by atoms with van der Waals surface area (Å²) in [6.07, 6.45) is -0.276. The summed E-state index contributed by atoms with van der Waals surface area (Å²) in [7, 11) is 0. The molecular formula is C20H20ClN3O6. The fourth-order valence-electron chi connectivity index (χ4n) is 2.91. The number of rotatable bonds is 9. The Morgan fingerprint density at radius 1 is 1.17 bits per heavy atom. The van der Waals surface area contributed by atoms with Gasteiger partial charge in [-0.2, -0.15) is 0 Å². The first-order chi connectivity index (χ1) is 14.2. The molecule has 9 nitrogen and oxygen atoms in total. The predicted molar refractivity (Wildman–Crippen MR) is 109 cm³/mol. The molecule has 2 aromatic rings. The van der Waals surface area contributed by atoms with Crippen LogP contribution in [0.2, 0.25) is 5.02 Å². The maximum Gasteiger partial charge on any atom is 0.306 e. The number of nitrogens with one attached hydrogen (secondary N) is 1. The number of carbonyl (C=O) groups is 3. The van der Waals surface area contributed by atoms with Crippen molar-refractivity contribution < 1.29 is 24.0 Å². The molecule has 0 saturated heterocycles. The SMILES string of the molecule is CCOC(=O)C[C@@H](c1ccc([N+](=O)[O-])cc1)[C@@H](NC(=O)c1ccccc1Cl)C(N)=O. The highest BCUT2D eigenvalue weighted by Crippen LogP contribution is 2.27. The number of nitrogens with two attached hydrogens (primary N) is 1. The fourth-order valence-corrected chi connectivity index (χ4v) is 3.13. The maximum absolute atomic E-state index is 12.7.